The van der Waals surface area contributed by atoms with Crippen molar-refractivity contribution in [3.8, 4) is 11.3 Å². The second-order valence-corrected chi connectivity index (χ2v) is 7.32. The summed E-state index contributed by atoms with van der Waals surface area (Å²) in [6.07, 6.45) is 0.709. The van der Waals surface area contributed by atoms with Gasteiger partial charge in [0, 0.05) is 11.1 Å². The quantitative estimate of drug-likeness (QED) is 0.374. The summed E-state index contributed by atoms with van der Waals surface area (Å²) >= 11 is 7.17. The Bertz CT molecular complexity index is 1020. The van der Waals surface area contributed by atoms with Crippen molar-refractivity contribution in [2.24, 2.45) is 5.10 Å². The van der Waals surface area contributed by atoms with Gasteiger partial charge in [0.1, 0.15) is 16.5 Å². The average molecular weight is 433 g/mol. The van der Waals surface area contributed by atoms with Crippen LogP contribution in [-0.2, 0) is 4.74 Å². The van der Waals surface area contributed by atoms with E-state index in [1.165, 1.54) is 29.7 Å². The largest absolute Gasteiger partial charge is 0.450 e. The van der Waals surface area contributed by atoms with Crippen LogP contribution in [0.1, 0.15) is 18.1 Å². The summed E-state index contributed by atoms with van der Waals surface area (Å²) in [5.74, 6) is -0.479. The van der Waals surface area contributed by atoms with E-state index in [2.05, 4.69) is 20.8 Å². The molecule has 0 saturated carbocycles. The first kappa shape index (κ1) is 20.8. The van der Waals surface area contributed by atoms with Crippen LogP contribution in [0.4, 0.5) is 19.3 Å². The van der Waals surface area contributed by atoms with Gasteiger partial charge in [0.15, 0.2) is 0 Å². The maximum Gasteiger partial charge on any atom is 0.412 e. The molecule has 2 aromatic carbocycles. The van der Waals surface area contributed by atoms with Gasteiger partial charge in [-0.15, -0.1) is 0 Å². The van der Waals surface area contributed by atoms with Crippen LogP contribution in [0.15, 0.2) is 47.6 Å². The van der Waals surface area contributed by atoms with Gasteiger partial charge in [-0.25, -0.2) is 14.2 Å². The topological polar surface area (TPSA) is 75.6 Å². The van der Waals surface area contributed by atoms with Gasteiger partial charge in [0.25, 0.3) is 0 Å². The first-order chi connectivity index (χ1) is 14.0. The van der Waals surface area contributed by atoms with E-state index in [-0.39, 0.29) is 17.2 Å². The Morgan fingerprint density at radius 3 is 2.76 bits per heavy atom. The van der Waals surface area contributed by atoms with Crippen molar-refractivity contribution in [1.82, 2.24) is 4.98 Å². The van der Waals surface area contributed by atoms with E-state index >= 15 is 0 Å². The lowest BCUT2D eigenvalue weighted by Crippen LogP contribution is -2.12. The molecule has 29 heavy (non-hydrogen) atoms. The Morgan fingerprint density at radius 1 is 1.31 bits per heavy atom. The molecule has 0 radical (unpaired) electrons. The third kappa shape index (κ3) is 5.30. The zero-order chi connectivity index (χ0) is 20.8. The van der Waals surface area contributed by atoms with Crippen LogP contribution in [0, 0.1) is 12.7 Å². The smallest absolute Gasteiger partial charge is 0.412 e. The van der Waals surface area contributed by atoms with Crippen LogP contribution in [0.25, 0.3) is 11.3 Å². The predicted octanol–water partition coefficient (Wildman–Crippen LogP) is 5.93. The first-order valence-electron chi connectivity index (χ1n) is 8.72. The molecule has 0 fully saturated rings. The van der Waals surface area contributed by atoms with Crippen molar-refractivity contribution >= 4 is 45.4 Å². The molecule has 3 rings (SSSR count). The van der Waals surface area contributed by atoms with E-state index < -0.39 is 11.9 Å². The highest BCUT2D eigenvalue weighted by Gasteiger charge is 2.16. The summed E-state index contributed by atoms with van der Waals surface area (Å²) in [5, 5.41) is 7.88. The number of carbonyl (C=O) groups is 1. The maximum atomic E-state index is 13.8. The fourth-order valence-corrected chi connectivity index (χ4v) is 3.44. The highest BCUT2D eigenvalue weighted by atomic mass is 35.5. The highest BCUT2D eigenvalue weighted by Crippen LogP contribution is 2.36. The van der Waals surface area contributed by atoms with Gasteiger partial charge >= 0.3 is 6.09 Å². The molecule has 1 amide bonds. The summed E-state index contributed by atoms with van der Waals surface area (Å²) in [7, 11) is 0. The molecule has 150 valence electrons. The number of rotatable bonds is 6. The van der Waals surface area contributed by atoms with Crippen molar-refractivity contribution in [3.63, 3.8) is 0 Å². The lowest BCUT2D eigenvalue weighted by Gasteiger charge is -2.05. The molecular weight excluding hydrogens is 415 g/mol. The number of benzene rings is 2. The lowest BCUT2D eigenvalue weighted by atomic mass is 10.1. The molecule has 0 aliphatic heterocycles. The minimum absolute atomic E-state index is 0.168. The van der Waals surface area contributed by atoms with Gasteiger partial charge in [-0.05, 0) is 26.0 Å². The summed E-state index contributed by atoms with van der Waals surface area (Å²) < 4.78 is 18.8. The zero-order valence-electron chi connectivity index (χ0n) is 15.7. The van der Waals surface area contributed by atoms with Crippen LogP contribution in [0.3, 0.4) is 0 Å². The standard InChI is InChI=1S/C20H18ClFN4O2S/c1-3-28-20(27)25-18-17(13-9-7-12(2)8-10-13)24-19(29-18)26-23-11-14-15(21)5-4-6-16(14)22/h4-11H,3H2,1-2H3,(H,24,26)(H,25,27)/b23-11+. The number of amides is 1. The number of anilines is 2. The Morgan fingerprint density at radius 2 is 2.07 bits per heavy atom. The van der Waals surface area contributed by atoms with Gasteiger partial charge in [-0.3, -0.25) is 10.7 Å². The number of hydrogen-bond donors (Lipinski definition) is 2. The minimum Gasteiger partial charge on any atom is -0.450 e. The van der Waals surface area contributed by atoms with Gasteiger partial charge in [0.2, 0.25) is 5.13 Å². The number of nitrogens with zero attached hydrogens (tertiary/aromatic N) is 2. The van der Waals surface area contributed by atoms with E-state index in [1.54, 1.807) is 13.0 Å². The number of hydrogen-bond acceptors (Lipinski definition) is 6. The number of thiazole rings is 1. The molecule has 6 nitrogen and oxygen atoms in total. The van der Waals surface area contributed by atoms with E-state index in [4.69, 9.17) is 16.3 Å². The Hall–Kier alpha value is -2.97. The van der Waals surface area contributed by atoms with Gasteiger partial charge in [-0.2, -0.15) is 5.10 Å². The average Bonchev–Trinajstić information content (AvgIpc) is 3.07. The van der Waals surface area contributed by atoms with Gasteiger partial charge < -0.3 is 4.74 Å². The number of carbonyl (C=O) groups excluding carboxylic acids is 1. The third-order valence-corrected chi connectivity index (χ3v) is 5.00. The number of halogens is 2. The van der Waals surface area contributed by atoms with E-state index in [9.17, 15) is 9.18 Å². The van der Waals surface area contributed by atoms with Crippen molar-refractivity contribution < 1.29 is 13.9 Å². The van der Waals surface area contributed by atoms with Crippen LogP contribution in [0.5, 0.6) is 0 Å². The molecule has 1 heterocycles. The zero-order valence-corrected chi connectivity index (χ0v) is 17.3. The fourth-order valence-electron chi connectivity index (χ4n) is 2.41. The Balaban J connectivity index is 1.86. The lowest BCUT2D eigenvalue weighted by molar-refractivity contribution is 0.168. The van der Waals surface area contributed by atoms with Crippen LogP contribution < -0.4 is 10.7 Å². The SMILES string of the molecule is CCOC(=O)Nc1sc(N/N=C/c2c(F)cccc2Cl)nc1-c1ccc(C)cc1. The molecule has 0 bridgehead atoms. The molecule has 0 aliphatic carbocycles. The Kier molecular flexibility index (Phi) is 6.79. The normalized spacial score (nSPS) is 10.9. The van der Waals surface area contributed by atoms with Crippen LogP contribution in [0.2, 0.25) is 5.02 Å². The summed E-state index contributed by atoms with van der Waals surface area (Å²) in [5.41, 5.74) is 5.43. The summed E-state index contributed by atoms with van der Waals surface area (Å²) in [6.45, 7) is 3.96. The van der Waals surface area contributed by atoms with Crippen molar-refractivity contribution in [3.05, 3.63) is 64.4 Å². The molecule has 0 atom stereocenters. The molecule has 0 unspecified atom stereocenters. The van der Waals surface area contributed by atoms with E-state index in [1.807, 2.05) is 31.2 Å². The number of hydrazone groups is 1. The number of aryl methyl sites for hydroxylation is 1. The maximum absolute atomic E-state index is 13.8. The molecular formula is C20H18ClFN4O2S. The second kappa shape index (κ2) is 9.49. The summed E-state index contributed by atoms with van der Waals surface area (Å²) in [4.78, 5) is 16.4. The van der Waals surface area contributed by atoms with Crippen molar-refractivity contribution in [1.29, 1.82) is 0 Å². The van der Waals surface area contributed by atoms with Gasteiger partial charge in [-0.1, -0.05) is 58.8 Å². The van der Waals surface area contributed by atoms with E-state index in [0.29, 0.717) is 15.8 Å². The fraction of sp³-hybridized carbons (Fsp3) is 0.150. The molecule has 2 N–H and O–H groups in total. The first-order valence-corrected chi connectivity index (χ1v) is 9.92. The van der Waals surface area contributed by atoms with E-state index in [0.717, 1.165) is 11.1 Å². The molecule has 0 saturated heterocycles. The predicted molar refractivity (Wildman–Crippen MR) is 116 cm³/mol. The third-order valence-electron chi connectivity index (χ3n) is 3.80. The number of aromatic nitrogens is 1. The minimum atomic E-state index is -0.572. The number of nitrogens with one attached hydrogen (secondary N) is 2. The monoisotopic (exact) mass is 432 g/mol. The van der Waals surface area contributed by atoms with Crippen molar-refractivity contribution in [2.75, 3.05) is 17.3 Å². The van der Waals surface area contributed by atoms with Crippen molar-refractivity contribution in [2.45, 2.75) is 13.8 Å². The van der Waals surface area contributed by atoms with Crippen LogP contribution in [-0.4, -0.2) is 23.9 Å². The van der Waals surface area contributed by atoms with Gasteiger partial charge in [0.05, 0.1) is 17.8 Å². The molecule has 9 heteroatoms. The molecule has 3 aromatic rings. The molecule has 1 aromatic heterocycles. The molecule has 0 aliphatic rings. The van der Waals surface area contributed by atoms with Crippen LogP contribution >= 0.6 is 22.9 Å². The highest BCUT2D eigenvalue weighted by molar-refractivity contribution is 7.20. The second-order valence-electron chi connectivity index (χ2n) is 5.91. The number of ether oxygens (including phenoxy) is 1. The molecule has 0 spiro atoms. The summed E-state index contributed by atoms with van der Waals surface area (Å²) in [6, 6.07) is 12.1. The Labute approximate surface area is 176 Å².